The van der Waals surface area contributed by atoms with Crippen molar-refractivity contribution in [2.24, 2.45) is 17.3 Å². The fourth-order valence-corrected chi connectivity index (χ4v) is 7.47. The number of aryl methyl sites for hydroxylation is 1. The molecule has 0 aromatic heterocycles. The monoisotopic (exact) mass is 462 g/mol. The highest BCUT2D eigenvalue weighted by Crippen LogP contribution is 2.62. The van der Waals surface area contributed by atoms with Crippen molar-refractivity contribution in [2.75, 3.05) is 0 Å². The van der Waals surface area contributed by atoms with E-state index < -0.39 is 0 Å². The van der Waals surface area contributed by atoms with E-state index in [2.05, 4.69) is 90.1 Å². The molecule has 2 aromatic rings. The maximum Gasteiger partial charge on any atom is 0.0861 e. The summed E-state index contributed by atoms with van der Waals surface area (Å²) in [5.41, 5.74) is 6.28. The number of benzene rings is 2. The Morgan fingerprint density at radius 1 is 0.941 bits per heavy atom. The molecule has 0 saturated heterocycles. The van der Waals surface area contributed by atoms with Gasteiger partial charge in [0.05, 0.1) is 18.3 Å². The van der Waals surface area contributed by atoms with Crippen molar-refractivity contribution < 1.29 is 9.84 Å². The van der Waals surface area contributed by atoms with Crippen molar-refractivity contribution in [2.45, 2.75) is 110 Å². The minimum absolute atomic E-state index is 0.0231. The normalized spacial score (nSPS) is 28.6. The van der Waals surface area contributed by atoms with Crippen LogP contribution in [0.5, 0.6) is 0 Å². The molecule has 0 heterocycles. The minimum atomic E-state index is -0.348. The number of aliphatic hydroxyl groups is 1. The Morgan fingerprint density at radius 3 is 2.29 bits per heavy atom. The van der Waals surface area contributed by atoms with E-state index in [-0.39, 0.29) is 29.1 Å². The zero-order valence-electron chi connectivity index (χ0n) is 22.5. The average Bonchev–Trinajstić information content (AvgIpc) is 2.77. The topological polar surface area (TPSA) is 29.5 Å². The van der Waals surface area contributed by atoms with Gasteiger partial charge in [0.15, 0.2) is 0 Å². The van der Waals surface area contributed by atoms with E-state index in [0.717, 1.165) is 6.42 Å². The Bertz CT molecular complexity index is 960. The lowest BCUT2D eigenvalue weighted by atomic mass is 9.46. The van der Waals surface area contributed by atoms with E-state index in [9.17, 15) is 5.11 Å². The molecule has 0 amide bonds. The molecule has 1 N–H and O–H groups in total. The molecule has 1 unspecified atom stereocenters. The van der Waals surface area contributed by atoms with Crippen molar-refractivity contribution in [1.29, 1.82) is 0 Å². The van der Waals surface area contributed by atoms with Crippen LogP contribution in [0.3, 0.4) is 0 Å². The highest BCUT2D eigenvalue weighted by molar-refractivity contribution is 5.42. The zero-order valence-corrected chi connectivity index (χ0v) is 22.5. The summed E-state index contributed by atoms with van der Waals surface area (Å²) in [6, 6.07) is 18.1. The third kappa shape index (κ3) is 4.73. The summed E-state index contributed by atoms with van der Waals surface area (Å²) >= 11 is 0. The van der Waals surface area contributed by atoms with Gasteiger partial charge in [0.25, 0.3) is 0 Å². The molecule has 1 saturated carbocycles. The fourth-order valence-electron chi connectivity index (χ4n) is 7.47. The van der Waals surface area contributed by atoms with Crippen molar-refractivity contribution in [3.8, 4) is 0 Å². The van der Waals surface area contributed by atoms with Gasteiger partial charge < -0.3 is 9.84 Å². The second kappa shape index (κ2) is 9.78. The predicted molar refractivity (Wildman–Crippen MR) is 142 cm³/mol. The quantitative estimate of drug-likeness (QED) is 0.452. The van der Waals surface area contributed by atoms with Crippen molar-refractivity contribution in [3.63, 3.8) is 0 Å². The number of fused-ring (bicyclic) bond motifs is 3. The molecular formula is C32H46O2. The van der Waals surface area contributed by atoms with E-state index in [4.69, 9.17) is 4.74 Å². The summed E-state index contributed by atoms with van der Waals surface area (Å²) in [4.78, 5) is 0. The Balaban J connectivity index is 1.69. The van der Waals surface area contributed by atoms with Crippen LogP contribution in [0.1, 0.15) is 108 Å². The molecule has 0 bridgehead atoms. The number of aliphatic hydroxyl groups excluding tert-OH is 1. The maximum atomic E-state index is 9.98. The first kappa shape index (κ1) is 25.5. The fraction of sp³-hybridized carbons (Fsp3) is 0.625. The van der Waals surface area contributed by atoms with E-state index >= 15 is 0 Å². The molecule has 186 valence electrons. The van der Waals surface area contributed by atoms with Gasteiger partial charge >= 0.3 is 0 Å². The predicted octanol–water partition coefficient (Wildman–Crippen LogP) is 7.98. The van der Waals surface area contributed by atoms with Gasteiger partial charge in [0.2, 0.25) is 0 Å². The largest absolute Gasteiger partial charge is 0.393 e. The average molecular weight is 463 g/mol. The molecule has 6 atom stereocenters. The smallest absolute Gasteiger partial charge is 0.0861 e. The van der Waals surface area contributed by atoms with Gasteiger partial charge in [0, 0.05) is 0 Å². The molecule has 1 fully saturated rings. The molecule has 2 heteroatoms. The molecule has 2 aliphatic rings. The van der Waals surface area contributed by atoms with Crippen LogP contribution >= 0.6 is 0 Å². The van der Waals surface area contributed by atoms with Crippen molar-refractivity contribution in [3.05, 3.63) is 70.8 Å². The zero-order chi connectivity index (χ0) is 24.7. The molecule has 0 radical (unpaired) electrons. The Morgan fingerprint density at radius 2 is 1.65 bits per heavy atom. The van der Waals surface area contributed by atoms with Crippen LogP contribution in [0.15, 0.2) is 48.5 Å². The molecule has 0 spiro atoms. The van der Waals surface area contributed by atoms with Crippen LogP contribution in [0.2, 0.25) is 0 Å². The Kier molecular flexibility index (Phi) is 7.32. The molecule has 4 rings (SSSR count). The third-order valence-corrected chi connectivity index (χ3v) is 9.26. The van der Waals surface area contributed by atoms with Gasteiger partial charge in [-0.2, -0.15) is 0 Å². The van der Waals surface area contributed by atoms with Gasteiger partial charge in [-0.15, -0.1) is 0 Å². The van der Waals surface area contributed by atoms with Crippen LogP contribution in [0, 0.1) is 17.3 Å². The van der Waals surface area contributed by atoms with Crippen LogP contribution in [0.25, 0.3) is 0 Å². The summed E-state index contributed by atoms with van der Waals surface area (Å²) in [6.07, 6.45) is 5.19. The van der Waals surface area contributed by atoms with Gasteiger partial charge in [-0.25, -0.2) is 0 Å². The number of hydrogen-bond acceptors (Lipinski definition) is 2. The molecule has 2 aromatic carbocycles. The number of rotatable bonds is 7. The second-order valence-corrected chi connectivity index (χ2v) is 12.4. The van der Waals surface area contributed by atoms with Crippen LogP contribution in [0.4, 0.5) is 0 Å². The van der Waals surface area contributed by atoms with Gasteiger partial charge in [-0.1, -0.05) is 83.1 Å². The first-order valence-corrected chi connectivity index (χ1v) is 13.6. The molecular weight excluding hydrogens is 416 g/mol. The third-order valence-electron chi connectivity index (χ3n) is 9.26. The Labute approximate surface area is 208 Å². The second-order valence-electron chi connectivity index (χ2n) is 12.4. The summed E-state index contributed by atoms with van der Waals surface area (Å²) in [7, 11) is 0. The number of hydrogen-bond donors (Lipinski definition) is 1. The van der Waals surface area contributed by atoms with E-state index in [0.29, 0.717) is 24.2 Å². The van der Waals surface area contributed by atoms with Crippen LogP contribution < -0.4 is 0 Å². The summed E-state index contributed by atoms with van der Waals surface area (Å²) < 4.78 is 6.80. The standard InChI is InChI=1S/C32H46O2/c1-21(2)26-14-13-24-15-16-29-31(5,6)27(17-18-32(29,7)28(24)20-26)30(25-11-9-8-10-12-25)34-23(4)19-22(3)33/h8-14,20-23,27,29-30,33H,15-19H2,1-7H3/t22-,23-,27?,29-,30-,32+/m0/s1. The maximum absolute atomic E-state index is 9.98. The highest BCUT2D eigenvalue weighted by atomic mass is 16.5. The minimum Gasteiger partial charge on any atom is -0.393 e. The molecule has 2 aliphatic carbocycles. The van der Waals surface area contributed by atoms with Gasteiger partial charge in [-0.3, -0.25) is 0 Å². The number of ether oxygens (including phenoxy) is 1. The molecule has 0 aliphatic heterocycles. The first-order chi connectivity index (χ1) is 16.0. The lowest BCUT2D eigenvalue weighted by molar-refractivity contribution is -0.123. The van der Waals surface area contributed by atoms with Crippen LogP contribution in [-0.4, -0.2) is 17.3 Å². The molecule has 2 nitrogen and oxygen atoms in total. The summed E-state index contributed by atoms with van der Waals surface area (Å²) in [5, 5.41) is 9.98. The molecule has 34 heavy (non-hydrogen) atoms. The lowest BCUT2D eigenvalue weighted by Gasteiger charge is -2.59. The van der Waals surface area contributed by atoms with Gasteiger partial charge in [0.1, 0.15) is 0 Å². The summed E-state index contributed by atoms with van der Waals surface area (Å²) in [6.45, 7) is 16.2. The van der Waals surface area contributed by atoms with E-state index in [1.54, 1.807) is 11.1 Å². The van der Waals surface area contributed by atoms with Crippen LogP contribution in [-0.2, 0) is 16.6 Å². The summed E-state index contributed by atoms with van der Waals surface area (Å²) in [5.74, 6) is 1.62. The van der Waals surface area contributed by atoms with Crippen molar-refractivity contribution in [1.82, 2.24) is 0 Å². The van der Waals surface area contributed by atoms with Crippen molar-refractivity contribution >= 4 is 0 Å². The first-order valence-electron chi connectivity index (χ1n) is 13.6. The van der Waals surface area contributed by atoms with E-state index in [1.165, 1.54) is 30.4 Å². The highest BCUT2D eigenvalue weighted by Gasteiger charge is 2.55. The van der Waals surface area contributed by atoms with E-state index in [1.807, 2.05) is 6.92 Å². The van der Waals surface area contributed by atoms with Gasteiger partial charge in [-0.05, 0) is 96.8 Å². The lowest BCUT2D eigenvalue weighted by Crippen LogP contribution is -2.53. The Hall–Kier alpha value is -1.64. The SMILES string of the molecule is CC(C)c1ccc2c(c1)[C@@]1(C)CCC([C@@H](O[C@@H](C)C[C@H](C)O)c3ccccc3)C(C)(C)[C@@H]1CC2.